The summed E-state index contributed by atoms with van der Waals surface area (Å²) in [5.41, 5.74) is 0. The van der Waals surface area contributed by atoms with Crippen molar-refractivity contribution >= 4 is 0 Å². The summed E-state index contributed by atoms with van der Waals surface area (Å²) in [7, 11) is 0. The number of hydrogen-bond acceptors (Lipinski definition) is 1. The Hall–Kier alpha value is -0.370. The Morgan fingerprint density at radius 1 is 2.00 bits per heavy atom. The molecule has 1 N–H and O–H groups in total. The van der Waals surface area contributed by atoms with Crippen molar-refractivity contribution in [1.29, 1.82) is 0 Å². The van der Waals surface area contributed by atoms with Crippen molar-refractivity contribution in [3.8, 4) is 0 Å². The first-order chi connectivity index (χ1) is 2.77. The monoisotopic (exact) mass is 90.0 g/mol. The normalized spacial score (nSPS) is 12.2. The van der Waals surface area contributed by atoms with Crippen LogP contribution in [0.25, 0.3) is 0 Å². The van der Waals surface area contributed by atoms with Crippen LogP contribution in [0.5, 0.6) is 0 Å². The van der Waals surface area contributed by atoms with Gasteiger partial charge in [0, 0.05) is 0 Å². The molecule has 0 aromatic carbocycles. The van der Waals surface area contributed by atoms with Crippen LogP contribution in [0.3, 0.4) is 0 Å². The molecule has 2 heteroatoms. The standard InChI is InChI=1S/C4H7FO/c1-4(5)2-3-6/h2,6H,3H2,1H3. The summed E-state index contributed by atoms with van der Waals surface area (Å²) >= 11 is 0. The Balaban J connectivity index is 3.14. The summed E-state index contributed by atoms with van der Waals surface area (Å²) in [5.74, 6) is -0.336. The third kappa shape index (κ3) is 3.63. The van der Waals surface area contributed by atoms with Gasteiger partial charge < -0.3 is 5.11 Å². The molecular formula is C4H7FO. The minimum absolute atomic E-state index is 0.206. The van der Waals surface area contributed by atoms with E-state index in [1.165, 1.54) is 6.92 Å². The van der Waals surface area contributed by atoms with E-state index in [1.807, 2.05) is 0 Å². The predicted octanol–water partition coefficient (Wildman–Crippen LogP) is 0.852. The van der Waals surface area contributed by atoms with E-state index < -0.39 is 0 Å². The van der Waals surface area contributed by atoms with Crippen LogP contribution in [0.15, 0.2) is 11.9 Å². The van der Waals surface area contributed by atoms with Gasteiger partial charge in [0.25, 0.3) is 0 Å². The maximum absolute atomic E-state index is 11.4. The Morgan fingerprint density at radius 2 is 2.50 bits per heavy atom. The van der Waals surface area contributed by atoms with Crippen LogP contribution in [0.4, 0.5) is 4.39 Å². The molecule has 0 fully saturated rings. The molecule has 0 amide bonds. The summed E-state index contributed by atoms with van der Waals surface area (Å²) in [6.07, 6.45) is 1.10. The zero-order valence-corrected chi connectivity index (χ0v) is 3.61. The fourth-order valence-corrected chi connectivity index (χ4v) is 0.126. The minimum Gasteiger partial charge on any atom is -0.392 e. The molecule has 0 unspecified atom stereocenters. The number of allylic oxidation sites excluding steroid dienone is 1. The van der Waals surface area contributed by atoms with Crippen LogP contribution in [0.2, 0.25) is 0 Å². The second-order valence-electron chi connectivity index (χ2n) is 0.973. The molecule has 0 radical (unpaired) electrons. The van der Waals surface area contributed by atoms with Crippen LogP contribution in [-0.4, -0.2) is 11.7 Å². The second-order valence-corrected chi connectivity index (χ2v) is 0.973. The fourth-order valence-electron chi connectivity index (χ4n) is 0.126. The van der Waals surface area contributed by atoms with Crippen LogP contribution in [0, 0.1) is 0 Å². The van der Waals surface area contributed by atoms with Gasteiger partial charge in [-0.05, 0) is 13.0 Å². The molecule has 1 nitrogen and oxygen atoms in total. The van der Waals surface area contributed by atoms with Gasteiger partial charge >= 0.3 is 0 Å². The first-order valence-electron chi connectivity index (χ1n) is 1.70. The minimum atomic E-state index is -0.336. The van der Waals surface area contributed by atoms with Gasteiger partial charge in [0.05, 0.1) is 12.4 Å². The SMILES string of the molecule is CC(F)=CCO. The van der Waals surface area contributed by atoms with Crippen LogP contribution >= 0.6 is 0 Å². The molecule has 0 heterocycles. The van der Waals surface area contributed by atoms with Gasteiger partial charge in [-0.25, -0.2) is 4.39 Å². The van der Waals surface area contributed by atoms with E-state index in [1.54, 1.807) is 0 Å². The Kier molecular flexibility index (Phi) is 2.67. The zero-order valence-electron chi connectivity index (χ0n) is 3.61. The van der Waals surface area contributed by atoms with E-state index in [9.17, 15) is 4.39 Å². The summed E-state index contributed by atoms with van der Waals surface area (Å²) in [6.45, 7) is 1.08. The molecule has 0 saturated heterocycles. The highest BCUT2D eigenvalue weighted by molar-refractivity contribution is 4.84. The van der Waals surface area contributed by atoms with Crippen molar-refractivity contribution in [3.63, 3.8) is 0 Å². The van der Waals surface area contributed by atoms with E-state index in [0.717, 1.165) is 6.08 Å². The lowest BCUT2D eigenvalue weighted by atomic mass is 10.5. The van der Waals surface area contributed by atoms with E-state index in [-0.39, 0.29) is 12.4 Å². The van der Waals surface area contributed by atoms with E-state index in [4.69, 9.17) is 5.11 Å². The van der Waals surface area contributed by atoms with Gasteiger partial charge in [-0.15, -0.1) is 0 Å². The number of aliphatic hydroxyl groups excluding tert-OH is 1. The quantitative estimate of drug-likeness (QED) is 0.506. The largest absolute Gasteiger partial charge is 0.392 e. The lowest BCUT2D eigenvalue weighted by Gasteiger charge is -1.75. The smallest absolute Gasteiger partial charge is 0.0951 e. The average Bonchev–Trinajstić information content (AvgIpc) is 1.35. The predicted molar refractivity (Wildman–Crippen MR) is 22.0 cm³/mol. The third-order valence-corrected chi connectivity index (χ3v) is 0.373. The van der Waals surface area contributed by atoms with Gasteiger partial charge in [0.15, 0.2) is 0 Å². The van der Waals surface area contributed by atoms with Crippen molar-refractivity contribution in [1.82, 2.24) is 0 Å². The number of rotatable bonds is 1. The molecule has 6 heavy (non-hydrogen) atoms. The van der Waals surface area contributed by atoms with Crippen LogP contribution in [-0.2, 0) is 0 Å². The highest BCUT2D eigenvalue weighted by Crippen LogP contribution is 1.88. The van der Waals surface area contributed by atoms with Crippen molar-refractivity contribution in [2.75, 3.05) is 6.61 Å². The Labute approximate surface area is 36.1 Å². The molecule has 0 atom stereocenters. The van der Waals surface area contributed by atoms with Crippen molar-refractivity contribution < 1.29 is 9.50 Å². The number of aliphatic hydroxyl groups is 1. The lowest BCUT2D eigenvalue weighted by molar-refractivity contribution is 0.339. The molecule has 0 saturated carbocycles. The topological polar surface area (TPSA) is 20.2 Å². The Morgan fingerprint density at radius 3 is 2.50 bits per heavy atom. The van der Waals surface area contributed by atoms with Gasteiger partial charge in [-0.2, -0.15) is 0 Å². The fraction of sp³-hybridized carbons (Fsp3) is 0.500. The first kappa shape index (κ1) is 5.63. The molecule has 0 aliphatic carbocycles. The zero-order chi connectivity index (χ0) is 4.99. The third-order valence-electron chi connectivity index (χ3n) is 0.373. The first-order valence-corrected chi connectivity index (χ1v) is 1.70. The number of halogens is 1. The van der Waals surface area contributed by atoms with Gasteiger partial charge in [-0.3, -0.25) is 0 Å². The highest BCUT2D eigenvalue weighted by Gasteiger charge is 1.73. The van der Waals surface area contributed by atoms with E-state index >= 15 is 0 Å². The summed E-state index contributed by atoms with van der Waals surface area (Å²) in [6, 6.07) is 0. The molecule has 0 rings (SSSR count). The molecule has 0 spiro atoms. The molecule has 0 bridgehead atoms. The van der Waals surface area contributed by atoms with E-state index in [0.29, 0.717) is 0 Å². The van der Waals surface area contributed by atoms with Crippen molar-refractivity contribution in [2.24, 2.45) is 0 Å². The molecule has 0 aromatic rings. The van der Waals surface area contributed by atoms with Crippen molar-refractivity contribution in [3.05, 3.63) is 11.9 Å². The summed E-state index contributed by atoms with van der Waals surface area (Å²) in [5, 5.41) is 7.92. The molecule has 0 aliphatic heterocycles. The van der Waals surface area contributed by atoms with Crippen molar-refractivity contribution in [2.45, 2.75) is 6.92 Å². The van der Waals surface area contributed by atoms with Gasteiger partial charge in [0.2, 0.25) is 0 Å². The number of hydrogen-bond donors (Lipinski definition) is 1. The maximum Gasteiger partial charge on any atom is 0.0951 e. The van der Waals surface area contributed by atoms with Gasteiger partial charge in [0.1, 0.15) is 0 Å². The molecule has 0 aliphatic rings. The van der Waals surface area contributed by atoms with Gasteiger partial charge in [-0.1, -0.05) is 0 Å². The Bertz CT molecular complexity index is 54.6. The van der Waals surface area contributed by atoms with Crippen LogP contribution in [0.1, 0.15) is 6.92 Å². The van der Waals surface area contributed by atoms with E-state index in [2.05, 4.69) is 0 Å². The molecule has 0 aromatic heterocycles. The highest BCUT2D eigenvalue weighted by atomic mass is 19.1. The summed E-state index contributed by atoms with van der Waals surface area (Å²) in [4.78, 5) is 0. The second kappa shape index (κ2) is 2.85. The lowest BCUT2D eigenvalue weighted by Crippen LogP contribution is -1.70. The van der Waals surface area contributed by atoms with Crippen LogP contribution < -0.4 is 0 Å². The molecule has 36 valence electrons. The molecular weight excluding hydrogens is 83.0 g/mol. The average molecular weight is 90.1 g/mol. The maximum atomic E-state index is 11.4. The summed E-state index contributed by atoms with van der Waals surface area (Å²) < 4.78 is 11.4.